The first-order valence-electron chi connectivity index (χ1n) is 22.7. The second kappa shape index (κ2) is 19.7. The number of benzene rings is 1. The van der Waals surface area contributed by atoms with Gasteiger partial charge in [-0.2, -0.15) is 5.10 Å². The van der Waals surface area contributed by atoms with Gasteiger partial charge >= 0.3 is 0 Å². The van der Waals surface area contributed by atoms with E-state index >= 15 is 0 Å². The number of alkyl halides is 2. The Kier molecular flexibility index (Phi) is 13.4. The minimum absolute atomic E-state index is 0.0236. The van der Waals surface area contributed by atoms with Crippen molar-refractivity contribution in [1.82, 2.24) is 34.9 Å². The van der Waals surface area contributed by atoms with Gasteiger partial charge in [0, 0.05) is 68.5 Å². The SMILES string of the molecule is O=C1CCC(N2C(=O)c3cccc(NCCCOC[C@@H]4CN(CC5CCC(n6cc(NC(=O)c7coc(-c8ccnc(CCC9CC9)c8)n7)c(C(F)F)n6)CC5)CCO4)c3C2=O)C(=O)N1. The smallest absolute Gasteiger partial charge is 0.284 e. The number of ether oxygens (including phenoxy) is 2. The van der Waals surface area contributed by atoms with Gasteiger partial charge in [0.25, 0.3) is 24.1 Å². The third-order valence-electron chi connectivity index (χ3n) is 13.0. The van der Waals surface area contributed by atoms with Gasteiger partial charge in [-0.05, 0) is 87.5 Å². The maximum atomic E-state index is 14.2. The van der Waals surface area contributed by atoms with Crippen LogP contribution in [0.25, 0.3) is 11.5 Å². The Morgan fingerprint density at radius 1 is 1.00 bits per heavy atom. The van der Waals surface area contributed by atoms with Crippen LogP contribution in [0.1, 0.15) is 119 Å². The molecule has 2 atom stereocenters. The van der Waals surface area contributed by atoms with Gasteiger partial charge in [0.1, 0.15) is 12.3 Å². The number of hydrogen-bond acceptors (Lipinski definition) is 13. The van der Waals surface area contributed by atoms with Crippen LogP contribution in [0.4, 0.5) is 20.2 Å². The number of imide groups is 2. The third-order valence-corrected chi connectivity index (χ3v) is 13.0. The molecule has 0 bridgehead atoms. The summed E-state index contributed by atoms with van der Waals surface area (Å²) in [7, 11) is 0. The molecule has 17 nitrogen and oxygen atoms in total. The van der Waals surface area contributed by atoms with E-state index in [0.29, 0.717) is 50.0 Å². The molecule has 1 aromatic carbocycles. The number of aromatic nitrogens is 4. The molecule has 65 heavy (non-hydrogen) atoms. The van der Waals surface area contributed by atoms with Crippen molar-refractivity contribution >= 4 is 40.9 Å². The summed E-state index contributed by atoms with van der Waals surface area (Å²) in [5.74, 6) is -1.38. The fraction of sp³-hybridized carbons (Fsp3) is 0.522. The van der Waals surface area contributed by atoms with Gasteiger partial charge in [-0.25, -0.2) is 13.8 Å². The van der Waals surface area contributed by atoms with E-state index in [4.69, 9.17) is 13.9 Å². The van der Waals surface area contributed by atoms with E-state index in [9.17, 15) is 32.8 Å². The average molecular weight is 898 g/mol. The number of carbonyl (C=O) groups excluding carboxylic acids is 5. The summed E-state index contributed by atoms with van der Waals surface area (Å²) in [5.41, 5.74) is 2.01. The Hall–Kier alpha value is -5.92. The summed E-state index contributed by atoms with van der Waals surface area (Å²) < 4.78 is 47.6. The highest BCUT2D eigenvalue weighted by Gasteiger charge is 2.45. The number of rotatable bonds is 18. The van der Waals surface area contributed by atoms with Crippen molar-refractivity contribution in [1.29, 1.82) is 0 Å². The lowest BCUT2D eigenvalue weighted by Crippen LogP contribution is -2.54. The van der Waals surface area contributed by atoms with Gasteiger partial charge < -0.3 is 24.5 Å². The molecule has 3 aliphatic heterocycles. The van der Waals surface area contributed by atoms with Crippen LogP contribution in [-0.2, 0) is 25.5 Å². The number of amides is 5. The number of aryl methyl sites for hydroxylation is 1. The normalized spacial score (nSPS) is 22.7. The molecule has 0 radical (unpaired) electrons. The number of morpholine rings is 1. The van der Waals surface area contributed by atoms with Crippen molar-refractivity contribution in [2.45, 2.75) is 95.2 Å². The van der Waals surface area contributed by atoms with Crippen molar-refractivity contribution in [2.24, 2.45) is 11.8 Å². The number of carbonyl (C=O) groups is 5. The quantitative estimate of drug-likeness (QED) is 0.0798. The number of hydrogen-bond donors (Lipinski definition) is 3. The Balaban J connectivity index is 0.697. The van der Waals surface area contributed by atoms with Crippen LogP contribution < -0.4 is 16.0 Å². The van der Waals surface area contributed by atoms with E-state index < -0.39 is 47.7 Å². The van der Waals surface area contributed by atoms with Crippen molar-refractivity contribution in [3.63, 3.8) is 0 Å². The van der Waals surface area contributed by atoms with Crippen molar-refractivity contribution < 1.29 is 46.6 Å². The number of fused-ring (bicyclic) bond motifs is 1. The molecule has 6 heterocycles. The fourth-order valence-corrected chi connectivity index (χ4v) is 9.33. The molecule has 0 spiro atoms. The predicted octanol–water partition coefficient (Wildman–Crippen LogP) is 5.82. The molecule has 1 unspecified atom stereocenters. The van der Waals surface area contributed by atoms with E-state index in [2.05, 4.69) is 35.9 Å². The van der Waals surface area contributed by atoms with E-state index in [1.54, 1.807) is 35.1 Å². The molecule has 4 fully saturated rings. The number of oxazole rings is 1. The highest BCUT2D eigenvalue weighted by atomic mass is 19.3. The summed E-state index contributed by atoms with van der Waals surface area (Å²) in [6, 6.07) is 7.53. The number of nitrogens with zero attached hydrogens (tertiary/aromatic N) is 6. The van der Waals surface area contributed by atoms with Crippen LogP contribution in [0.2, 0.25) is 0 Å². The van der Waals surface area contributed by atoms with Gasteiger partial charge in [0.15, 0.2) is 11.4 Å². The highest BCUT2D eigenvalue weighted by molar-refractivity contribution is 6.25. The molecule has 344 valence electrons. The molecule has 3 aromatic heterocycles. The summed E-state index contributed by atoms with van der Waals surface area (Å²) in [4.78, 5) is 75.9. The molecule has 3 N–H and O–H groups in total. The molecular formula is C46H53F2N9O8. The molecule has 5 amide bonds. The third kappa shape index (κ3) is 10.3. The van der Waals surface area contributed by atoms with Crippen molar-refractivity contribution in [3.8, 4) is 11.5 Å². The molecule has 4 aromatic rings. The van der Waals surface area contributed by atoms with Gasteiger partial charge in [-0.1, -0.05) is 18.9 Å². The predicted molar refractivity (Wildman–Crippen MR) is 230 cm³/mol. The minimum Gasteiger partial charge on any atom is -0.444 e. The first-order valence-corrected chi connectivity index (χ1v) is 22.7. The Bertz CT molecular complexity index is 2410. The van der Waals surface area contributed by atoms with E-state index in [1.807, 2.05) is 6.07 Å². The summed E-state index contributed by atoms with van der Waals surface area (Å²) >= 11 is 0. The van der Waals surface area contributed by atoms with Crippen LogP contribution in [0.15, 0.2) is 53.4 Å². The van der Waals surface area contributed by atoms with Gasteiger partial charge in [-0.3, -0.25) is 48.8 Å². The standard InChI is InChI=1S/C46H53F2N9O8/c47-41(48)40-35(51-42(59)36-26-65-44(52-36)29-15-17-49-30(21-29)10-7-27-5-6-27)24-56(54-40)31-11-8-28(9-12-31)22-55-18-20-64-32(23-55)25-63-19-2-16-50-34-4-1-3-33-39(34)46(62)57(45(33)61)37-13-14-38(58)53-43(37)60/h1,3-4,15,17,21,24,26-28,31-32,37,41,50H,2,5-14,16,18-20,22-23,25H2,(H,51,59)(H,53,58,60)/t28?,31?,32-,37?/m0/s1. The Morgan fingerprint density at radius 3 is 2.63 bits per heavy atom. The number of pyridine rings is 1. The highest BCUT2D eigenvalue weighted by Crippen LogP contribution is 2.37. The minimum atomic E-state index is -2.88. The van der Waals surface area contributed by atoms with Crippen LogP contribution in [0.5, 0.6) is 0 Å². The Labute approximate surface area is 374 Å². The molecule has 5 aliphatic rings. The maximum absolute atomic E-state index is 14.2. The monoisotopic (exact) mass is 897 g/mol. The largest absolute Gasteiger partial charge is 0.444 e. The average Bonchev–Trinajstić information content (AvgIpc) is 3.71. The van der Waals surface area contributed by atoms with Crippen molar-refractivity contribution in [2.75, 3.05) is 56.6 Å². The molecule has 2 aliphatic carbocycles. The zero-order valence-corrected chi connectivity index (χ0v) is 36.0. The number of halogens is 2. The number of anilines is 2. The lowest BCUT2D eigenvalue weighted by Gasteiger charge is -2.37. The lowest BCUT2D eigenvalue weighted by atomic mass is 9.85. The first-order chi connectivity index (χ1) is 31.6. The topological polar surface area (TPSA) is 203 Å². The molecule has 19 heteroatoms. The zero-order valence-electron chi connectivity index (χ0n) is 36.0. The van der Waals surface area contributed by atoms with Crippen molar-refractivity contribution in [3.05, 3.63) is 77.2 Å². The van der Waals surface area contributed by atoms with E-state index in [0.717, 1.165) is 74.7 Å². The van der Waals surface area contributed by atoms with Crippen LogP contribution in [-0.4, -0.2) is 117 Å². The number of piperidine rings is 1. The van der Waals surface area contributed by atoms with Crippen LogP contribution >= 0.6 is 0 Å². The van der Waals surface area contributed by atoms with Gasteiger partial charge in [-0.15, -0.1) is 0 Å². The van der Waals surface area contributed by atoms with Gasteiger partial charge in [0.2, 0.25) is 17.7 Å². The van der Waals surface area contributed by atoms with Gasteiger partial charge in [0.05, 0.1) is 42.2 Å². The summed E-state index contributed by atoms with van der Waals surface area (Å²) in [5, 5.41) is 12.3. The summed E-state index contributed by atoms with van der Waals surface area (Å²) in [6.07, 6.45) is 10.0. The second-order valence-corrected chi connectivity index (χ2v) is 17.7. The second-order valence-electron chi connectivity index (χ2n) is 17.7. The van der Waals surface area contributed by atoms with Crippen LogP contribution in [0, 0.1) is 11.8 Å². The zero-order chi connectivity index (χ0) is 45.0. The van der Waals surface area contributed by atoms with E-state index in [1.165, 1.54) is 25.3 Å². The number of nitrogens with one attached hydrogen (secondary N) is 3. The molecule has 9 rings (SSSR count). The fourth-order valence-electron chi connectivity index (χ4n) is 9.33. The Morgan fingerprint density at radius 2 is 1.83 bits per heavy atom. The lowest BCUT2D eigenvalue weighted by molar-refractivity contribution is -0.136. The first kappa shape index (κ1) is 44.3. The van der Waals surface area contributed by atoms with Crippen LogP contribution in [0.3, 0.4) is 0 Å². The molecular weight excluding hydrogens is 845 g/mol. The molecule has 2 saturated carbocycles. The van der Waals surface area contributed by atoms with E-state index in [-0.39, 0.29) is 53.4 Å². The maximum Gasteiger partial charge on any atom is 0.284 e. The molecule has 2 saturated heterocycles. The summed E-state index contributed by atoms with van der Waals surface area (Å²) in [6.45, 7) is 4.36.